The standard InChI is InChI=1S/C21H18ClN3O2/c22-16-6-3-5-14(10-16)21-23-20(24-27-21)15-11-19(26)25(12-15)18-9-8-13-4-1-2-7-17(13)18/h1-7,10,15,18H,8-9,11-12H2. The number of carbonyl (C=O) groups excluding carboxylic acids is 1. The summed E-state index contributed by atoms with van der Waals surface area (Å²) in [6.07, 6.45) is 2.43. The van der Waals surface area contributed by atoms with Crippen LogP contribution in [0.25, 0.3) is 11.5 Å². The Hall–Kier alpha value is -2.66. The summed E-state index contributed by atoms with van der Waals surface area (Å²) in [7, 11) is 0. The van der Waals surface area contributed by atoms with E-state index in [1.54, 1.807) is 12.1 Å². The monoisotopic (exact) mass is 379 g/mol. The Labute approximate surface area is 161 Å². The summed E-state index contributed by atoms with van der Waals surface area (Å²) < 4.78 is 5.42. The smallest absolute Gasteiger partial charge is 0.257 e. The van der Waals surface area contributed by atoms with Gasteiger partial charge in [0.25, 0.3) is 5.89 Å². The molecule has 27 heavy (non-hydrogen) atoms. The summed E-state index contributed by atoms with van der Waals surface area (Å²) in [6, 6.07) is 15.9. The molecule has 0 saturated carbocycles. The van der Waals surface area contributed by atoms with E-state index in [-0.39, 0.29) is 17.9 Å². The SMILES string of the molecule is O=C1CC(c2noc(-c3cccc(Cl)c3)n2)CN1C1CCc2ccccc21. The number of nitrogens with zero attached hydrogens (tertiary/aromatic N) is 3. The van der Waals surface area contributed by atoms with Gasteiger partial charge in [-0.25, -0.2) is 0 Å². The minimum Gasteiger partial charge on any atom is -0.335 e. The molecule has 1 amide bonds. The predicted molar refractivity (Wildman–Crippen MR) is 101 cm³/mol. The molecule has 0 spiro atoms. The second-order valence-corrected chi connectivity index (χ2v) is 7.60. The van der Waals surface area contributed by atoms with E-state index in [9.17, 15) is 4.79 Å². The zero-order valence-corrected chi connectivity index (χ0v) is 15.4. The van der Waals surface area contributed by atoms with Gasteiger partial charge in [-0.1, -0.05) is 47.1 Å². The molecular weight excluding hydrogens is 362 g/mol. The molecule has 3 aromatic rings. The van der Waals surface area contributed by atoms with Gasteiger partial charge in [0.15, 0.2) is 5.82 Å². The number of hydrogen-bond acceptors (Lipinski definition) is 4. The molecule has 0 bridgehead atoms. The molecule has 2 aliphatic rings. The molecule has 2 aromatic carbocycles. The van der Waals surface area contributed by atoms with E-state index in [0.29, 0.717) is 29.7 Å². The molecule has 0 N–H and O–H groups in total. The highest BCUT2D eigenvalue weighted by Gasteiger charge is 2.39. The highest BCUT2D eigenvalue weighted by molar-refractivity contribution is 6.30. The van der Waals surface area contributed by atoms with E-state index in [0.717, 1.165) is 18.4 Å². The van der Waals surface area contributed by atoms with Gasteiger partial charge in [0.2, 0.25) is 5.91 Å². The number of rotatable bonds is 3. The second-order valence-electron chi connectivity index (χ2n) is 7.17. The van der Waals surface area contributed by atoms with E-state index in [2.05, 4.69) is 28.3 Å². The number of benzene rings is 2. The highest BCUT2D eigenvalue weighted by atomic mass is 35.5. The summed E-state index contributed by atoms with van der Waals surface area (Å²) in [6.45, 7) is 0.631. The Bertz CT molecular complexity index is 1020. The quantitative estimate of drug-likeness (QED) is 0.677. The van der Waals surface area contributed by atoms with Gasteiger partial charge in [-0.05, 0) is 42.2 Å². The largest absolute Gasteiger partial charge is 0.335 e. The summed E-state index contributed by atoms with van der Waals surface area (Å²) in [5.41, 5.74) is 3.41. The first-order valence-corrected chi connectivity index (χ1v) is 9.53. The number of carbonyl (C=O) groups is 1. The third-order valence-corrected chi connectivity index (χ3v) is 5.75. The molecule has 2 unspecified atom stereocenters. The molecule has 1 aliphatic carbocycles. The Morgan fingerprint density at radius 2 is 2.04 bits per heavy atom. The second kappa shape index (κ2) is 6.50. The van der Waals surface area contributed by atoms with Crippen molar-refractivity contribution in [2.75, 3.05) is 6.54 Å². The minimum atomic E-state index is -0.0399. The number of aryl methyl sites for hydroxylation is 1. The predicted octanol–water partition coefficient (Wildman–Crippen LogP) is 4.39. The summed E-state index contributed by atoms with van der Waals surface area (Å²) in [5.74, 6) is 1.15. The van der Waals surface area contributed by atoms with Crippen LogP contribution in [0.3, 0.4) is 0 Å². The van der Waals surface area contributed by atoms with Crippen LogP contribution >= 0.6 is 11.6 Å². The lowest BCUT2D eigenvalue weighted by molar-refractivity contribution is -0.129. The molecule has 1 aliphatic heterocycles. The molecule has 5 rings (SSSR count). The average molecular weight is 380 g/mol. The molecule has 136 valence electrons. The molecule has 6 heteroatoms. The third kappa shape index (κ3) is 2.92. The van der Waals surface area contributed by atoms with E-state index >= 15 is 0 Å². The maximum absolute atomic E-state index is 12.7. The number of likely N-dealkylation sites (tertiary alicyclic amines) is 1. The van der Waals surface area contributed by atoms with Crippen molar-refractivity contribution in [3.8, 4) is 11.5 Å². The first-order chi connectivity index (χ1) is 13.2. The molecule has 1 fully saturated rings. The lowest BCUT2D eigenvalue weighted by Gasteiger charge is -2.25. The van der Waals surface area contributed by atoms with Crippen molar-refractivity contribution < 1.29 is 9.32 Å². The first-order valence-electron chi connectivity index (χ1n) is 9.16. The minimum absolute atomic E-state index is 0.0399. The molecule has 1 aromatic heterocycles. The van der Waals surface area contributed by atoms with Crippen molar-refractivity contribution in [3.63, 3.8) is 0 Å². The zero-order chi connectivity index (χ0) is 18.4. The van der Waals surface area contributed by atoms with Crippen molar-refractivity contribution in [1.82, 2.24) is 15.0 Å². The van der Waals surface area contributed by atoms with Gasteiger partial charge in [0.1, 0.15) is 0 Å². The van der Waals surface area contributed by atoms with Crippen molar-refractivity contribution in [2.24, 2.45) is 0 Å². The molecule has 5 nitrogen and oxygen atoms in total. The fraction of sp³-hybridized carbons (Fsp3) is 0.286. The van der Waals surface area contributed by atoms with Gasteiger partial charge in [-0.2, -0.15) is 4.98 Å². The molecule has 2 atom stereocenters. The van der Waals surface area contributed by atoms with E-state index < -0.39 is 0 Å². The Morgan fingerprint density at radius 3 is 2.93 bits per heavy atom. The van der Waals surface area contributed by atoms with Crippen LogP contribution in [0.1, 0.15) is 41.8 Å². The maximum atomic E-state index is 12.7. The maximum Gasteiger partial charge on any atom is 0.257 e. The Morgan fingerprint density at radius 1 is 1.15 bits per heavy atom. The van der Waals surface area contributed by atoms with Gasteiger partial charge in [0.05, 0.1) is 6.04 Å². The van der Waals surface area contributed by atoms with Gasteiger partial charge >= 0.3 is 0 Å². The van der Waals surface area contributed by atoms with Crippen molar-refractivity contribution >= 4 is 17.5 Å². The van der Waals surface area contributed by atoms with Crippen molar-refractivity contribution in [2.45, 2.75) is 31.2 Å². The van der Waals surface area contributed by atoms with Crippen LogP contribution in [0.2, 0.25) is 5.02 Å². The summed E-state index contributed by atoms with van der Waals surface area (Å²) in [4.78, 5) is 19.2. The van der Waals surface area contributed by atoms with Crippen LogP contribution in [-0.2, 0) is 11.2 Å². The lowest BCUT2D eigenvalue weighted by Crippen LogP contribution is -2.28. The van der Waals surface area contributed by atoms with Crippen LogP contribution < -0.4 is 0 Å². The molecule has 2 heterocycles. The zero-order valence-electron chi connectivity index (χ0n) is 14.6. The van der Waals surface area contributed by atoms with Gasteiger partial charge in [0, 0.05) is 29.5 Å². The van der Waals surface area contributed by atoms with Crippen LogP contribution in [0.4, 0.5) is 0 Å². The fourth-order valence-electron chi connectivity index (χ4n) is 4.20. The number of aromatic nitrogens is 2. The number of halogens is 1. The summed E-state index contributed by atoms with van der Waals surface area (Å²) in [5, 5.41) is 4.76. The Kier molecular flexibility index (Phi) is 3.97. The highest BCUT2D eigenvalue weighted by Crippen LogP contribution is 2.40. The van der Waals surface area contributed by atoms with E-state index in [4.69, 9.17) is 16.1 Å². The molecule has 1 saturated heterocycles. The van der Waals surface area contributed by atoms with E-state index in [1.165, 1.54) is 11.1 Å². The normalized spacial score (nSPS) is 21.7. The third-order valence-electron chi connectivity index (χ3n) is 5.51. The average Bonchev–Trinajstić information content (AvgIpc) is 3.39. The van der Waals surface area contributed by atoms with Crippen molar-refractivity contribution in [1.29, 1.82) is 0 Å². The molecular formula is C21H18ClN3O2. The number of hydrogen-bond donors (Lipinski definition) is 0. The first kappa shape index (κ1) is 16.5. The van der Waals surface area contributed by atoms with Crippen LogP contribution in [0, 0.1) is 0 Å². The Balaban J connectivity index is 1.37. The van der Waals surface area contributed by atoms with Crippen molar-refractivity contribution in [3.05, 3.63) is 70.5 Å². The summed E-state index contributed by atoms with van der Waals surface area (Å²) >= 11 is 6.04. The van der Waals surface area contributed by atoms with E-state index in [1.807, 2.05) is 23.1 Å². The van der Waals surface area contributed by atoms with Crippen LogP contribution in [0.15, 0.2) is 53.1 Å². The fourth-order valence-corrected chi connectivity index (χ4v) is 4.39. The topological polar surface area (TPSA) is 59.2 Å². The van der Waals surface area contributed by atoms with Gasteiger partial charge in [-0.15, -0.1) is 0 Å². The van der Waals surface area contributed by atoms with Gasteiger partial charge in [-0.3, -0.25) is 4.79 Å². The van der Waals surface area contributed by atoms with Gasteiger partial charge < -0.3 is 9.42 Å². The molecule has 0 radical (unpaired) electrons. The lowest BCUT2D eigenvalue weighted by atomic mass is 10.1. The van der Waals surface area contributed by atoms with Crippen LogP contribution in [0.5, 0.6) is 0 Å². The number of fused-ring (bicyclic) bond motifs is 1. The number of amides is 1. The van der Waals surface area contributed by atoms with Crippen LogP contribution in [-0.4, -0.2) is 27.5 Å².